The van der Waals surface area contributed by atoms with E-state index in [0.29, 0.717) is 18.5 Å². The topological polar surface area (TPSA) is 96.8 Å². The number of hydrazine groups is 1. The highest BCUT2D eigenvalue weighted by Crippen LogP contribution is 2.36. The van der Waals surface area contributed by atoms with Crippen LogP contribution in [0.1, 0.15) is 11.1 Å². The molecule has 3 N–H and O–H groups in total. The Balaban J connectivity index is 1.63. The number of hydrogen-bond donors (Lipinski definition) is 3. The predicted octanol–water partition coefficient (Wildman–Crippen LogP) is 5.85. The van der Waals surface area contributed by atoms with Crippen molar-refractivity contribution in [1.29, 1.82) is 0 Å². The van der Waals surface area contributed by atoms with Crippen molar-refractivity contribution in [3.63, 3.8) is 0 Å². The Bertz CT molecular complexity index is 1220. The van der Waals surface area contributed by atoms with E-state index in [4.69, 9.17) is 23.2 Å². The number of nitrogens with one attached hydrogen (secondary N) is 3. The molecule has 0 aliphatic heterocycles. The van der Waals surface area contributed by atoms with Gasteiger partial charge in [0.05, 0.1) is 27.4 Å². The van der Waals surface area contributed by atoms with Crippen LogP contribution in [0.2, 0.25) is 10.0 Å². The highest BCUT2D eigenvalue weighted by atomic mass is 35.5. The molecule has 0 atom stereocenters. The SMILES string of the molecule is Cn1c(NC(=O)NNc2ncc(C(F)(F)F)cc2Cl)cnc1Sc1ncc(C(F)(F)F)cc1Cl. The molecule has 8 nitrogen and oxygen atoms in total. The summed E-state index contributed by atoms with van der Waals surface area (Å²) in [5, 5.41) is 2.09. The van der Waals surface area contributed by atoms with Gasteiger partial charge in [-0.05, 0) is 23.9 Å². The zero-order valence-electron chi connectivity index (χ0n) is 16.5. The van der Waals surface area contributed by atoms with Crippen LogP contribution in [0.25, 0.3) is 0 Å². The van der Waals surface area contributed by atoms with Gasteiger partial charge in [0.25, 0.3) is 0 Å². The molecule has 0 fully saturated rings. The van der Waals surface area contributed by atoms with Crippen LogP contribution in [0.4, 0.5) is 42.8 Å². The van der Waals surface area contributed by atoms with Crippen molar-refractivity contribution >= 4 is 52.6 Å². The van der Waals surface area contributed by atoms with Crippen molar-refractivity contribution in [1.82, 2.24) is 24.9 Å². The Morgan fingerprint density at radius 3 is 2.09 bits per heavy atom. The average molecular weight is 546 g/mol. The lowest BCUT2D eigenvalue weighted by atomic mass is 10.3. The van der Waals surface area contributed by atoms with Crippen LogP contribution < -0.4 is 16.2 Å². The number of nitrogens with zero attached hydrogens (tertiary/aromatic N) is 4. The second kappa shape index (κ2) is 9.76. The molecule has 3 rings (SSSR count). The number of carbonyl (C=O) groups is 1. The molecule has 17 heteroatoms. The Hall–Kier alpha value is -2.91. The number of aromatic nitrogens is 4. The molecule has 3 aromatic rings. The highest BCUT2D eigenvalue weighted by molar-refractivity contribution is 7.99. The molecule has 0 aromatic carbocycles. The van der Waals surface area contributed by atoms with Crippen LogP contribution in [-0.4, -0.2) is 25.6 Å². The number of pyridine rings is 2. The van der Waals surface area contributed by atoms with E-state index in [2.05, 4.69) is 31.1 Å². The number of urea groups is 1. The molecule has 34 heavy (non-hydrogen) atoms. The fourth-order valence-corrected chi connectivity index (χ4v) is 3.57. The van der Waals surface area contributed by atoms with Gasteiger partial charge in [-0.2, -0.15) is 26.3 Å². The standard InChI is InChI=1S/C17H11Cl2F6N7OS/c1-32-11(6-28-15(32)34-13-10(19)3-8(5-27-13)17(23,24)25)29-14(33)31-30-12-9(18)2-7(4-26-12)16(20,21)22/h2-6H,1H3,(H,26,30)(H2,29,31,33). The molecule has 0 saturated heterocycles. The van der Waals surface area contributed by atoms with Gasteiger partial charge in [-0.25, -0.2) is 25.2 Å². The van der Waals surface area contributed by atoms with Crippen molar-refractivity contribution in [3.05, 3.63) is 51.9 Å². The summed E-state index contributed by atoms with van der Waals surface area (Å²) in [4.78, 5) is 23.4. The molecule has 0 aliphatic carbocycles. The van der Waals surface area contributed by atoms with E-state index in [-0.39, 0.29) is 31.9 Å². The maximum absolute atomic E-state index is 12.7. The third-order valence-electron chi connectivity index (χ3n) is 3.97. The van der Waals surface area contributed by atoms with Gasteiger partial charge >= 0.3 is 18.4 Å². The summed E-state index contributed by atoms with van der Waals surface area (Å²) in [5.74, 6) is -0.0644. The third-order valence-corrected chi connectivity index (χ3v) is 5.74. The van der Waals surface area contributed by atoms with E-state index in [1.165, 1.54) is 17.8 Å². The van der Waals surface area contributed by atoms with Gasteiger partial charge in [-0.3, -0.25) is 10.7 Å². The number of alkyl halides is 6. The van der Waals surface area contributed by atoms with Crippen molar-refractivity contribution in [2.75, 3.05) is 10.7 Å². The van der Waals surface area contributed by atoms with Crippen LogP contribution in [0.15, 0.2) is 40.9 Å². The molecule has 0 spiro atoms. The summed E-state index contributed by atoms with van der Waals surface area (Å²) in [7, 11) is 1.50. The minimum atomic E-state index is -4.63. The summed E-state index contributed by atoms with van der Waals surface area (Å²) in [6.07, 6.45) is -6.80. The molecule has 3 aromatic heterocycles. The van der Waals surface area contributed by atoms with Gasteiger partial charge in [-0.1, -0.05) is 23.2 Å². The van der Waals surface area contributed by atoms with Gasteiger partial charge in [0.15, 0.2) is 11.0 Å². The lowest BCUT2D eigenvalue weighted by Crippen LogP contribution is -2.34. The van der Waals surface area contributed by atoms with Crippen LogP contribution in [0.3, 0.4) is 0 Å². The number of anilines is 2. The van der Waals surface area contributed by atoms with E-state index >= 15 is 0 Å². The maximum Gasteiger partial charge on any atom is 0.417 e. The van der Waals surface area contributed by atoms with Gasteiger partial charge in [-0.15, -0.1) is 0 Å². The second-order valence-electron chi connectivity index (χ2n) is 6.35. The van der Waals surface area contributed by atoms with Gasteiger partial charge < -0.3 is 4.57 Å². The molecule has 3 heterocycles. The molecule has 0 aliphatic rings. The minimum Gasteiger partial charge on any atom is -0.308 e. The van der Waals surface area contributed by atoms with Crippen molar-refractivity contribution in [3.8, 4) is 0 Å². The molecular formula is C17H11Cl2F6N7OS. The maximum atomic E-state index is 12.7. The number of imidazole rings is 1. The Morgan fingerprint density at radius 2 is 1.53 bits per heavy atom. The quantitative estimate of drug-likeness (QED) is 0.274. The summed E-state index contributed by atoms with van der Waals surface area (Å²) < 4.78 is 77.6. The van der Waals surface area contributed by atoms with Gasteiger partial charge in [0.2, 0.25) is 0 Å². The minimum absolute atomic E-state index is 0.0593. The number of amides is 2. The first-order valence-corrected chi connectivity index (χ1v) is 10.3. The third kappa shape index (κ3) is 6.15. The van der Waals surface area contributed by atoms with Crippen LogP contribution in [-0.2, 0) is 19.4 Å². The normalized spacial score (nSPS) is 11.9. The average Bonchev–Trinajstić information content (AvgIpc) is 3.06. The van der Waals surface area contributed by atoms with E-state index in [1.54, 1.807) is 0 Å². The first-order chi connectivity index (χ1) is 15.8. The van der Waals surface area contributed by atoms with Crippen molar-refractivity contribution in [2.45, 2.75) is 22.5 Å². The molecule has 0 saturated carbocycles. The van der Waals surface area contributed by atoms with Crippen LogP contribution >= 0.6 is 35.0 Å². The molecule has 0 radical (unpaired) electrons. The van der Waals surface area contributed by atoms with Crippen LogP contribution in [0.5, 0.6) is 0 Å². The Labute approximate surface area is 201 Å². The predicted molar refractivity (Wildman–Crippen MR) is 112 cm³/mol. The zero-order valence-corrected chi connectivity index (χ0v) is 18.8. The highest BCUT2D eigenvalue weighted by Gasteiger charge is 2.32. The number of hydrogen-bond acceptors (Lipinski definition) is 6. The summed E-state index contributed by atoms with van der Waals surface area (Å²) >= 11 is 12.5. The van der Waals surface area contributed by atoms with Crippen molar-refractivity contribution in [2.24, 2.45) is 7.05 Å². The Kier molecular flexibility index (Phi) is 7.38. The number of halogens is 8. The molecule has 0 unspecified atom stereocenters. The first-order valence-electron chi connectivity index (χ1n) is 8.73. The summed E-state index contributed by atoms with van der Waals surface area (Å²) in [6.45, 7) is 0. The molecule has 182 valence electrons. The molecule has 0 bridgehead atoms. The molecular weight excluding hydrogens is 535 g/mol. The smallest absolute Gasteiger partial charge is 0.308 e. The van der Waals surface area contributed by atoms with Crippen molar-refractivity contribution < 1.29 is 31.1 Å². The van der Waals surface area contributed by atoms with Crippen LogP contribution in [0, 0.1) is 0 Å². The fourth-order valence-electron chi connectivity index (χ4n) is 2.29. The van der Waals surface area contributed by atoms with E-state index < -0.39 is 29.5 Å². The Morgan fingerprint density at radius 1 is 0.941 bits per heavy atom. The summed E-state index contributed by atoms with van der Waals surface area (Å²) in [6, 6.07) is 0.531. The lowest BCUT2D eigenvalue weighted by molar-refractivity contribution is -0.138. The van der Waals surface area contributed by atoms with E-state index in [0.717, 1.165) is 17.8 Å². The van der Waals surface area contributed by atoms with Gasteiger partial charge in [0.1, 0.15) is 10.8 Å². The largest absolute Gasteiger partial charge is 0.417 e. The molecule has 2 amide bonds. The zero-order chi connectivity index (χ0) is 25.3. The van der Waals surface area contributed by atoms with E-state index in [9.17, 15) is 31.1 Å². The number of rotatable bonds is 5. The lowest BCUT2D eigenvalue weighted by Gasteiger charge is -2.12. The number of carbonyl (C=O) groups excluding carboxylic acids is 1. The fraction of sp³-hybridized carbons (Fsp3) is 0.176. The van der Waals surface area contributed by atoms with Gasteiger partial charge in [0, 0.05) is 19.4 Å². The first kappa shape index (κ1) is 25.7. The van der Waals surface area contributed by atoms with E-state index in [1.807, 2.05) is 0 Å². The monoisotopic (exact) mass is 545 g/mol. The second-order valence-corrected chi connectivity index (χ2v) is 8.12. The summed E-state index contributed by atoms with van der Waals surface area (Å²) in [5.41, 5.74) is 2.36.